The zero-order valence-corrected chi connectivity index (χ0v) is 15.6. The van der Waals surface area contributed by atoms with Gasteiger partial charge in [0.05, 0.1) is 0 Å². The van der Waals surface area contributed by atoms with Crippen LogP contribution in [0.15, 0.2) is 46.1 Å². The van der Waals surface area contributed by atoms with Crippen molar-refractivity contribution in [2.24, 2.45) is 0 Å². The first kappa shape index (κ1) is 23.2. The number of rotatable bonds is 2. The van der Waals surface area contributed by atoms with Crippen molar-refractivity contribution in [1.82, 2.24) is 9.97 Å². The van der Waals surface area contributed by atoms with Crippen molar-refractivity contribution in [3.05, 3.63) is 68.5 Å². The van der Waals surface area contributed by atoms with E-state index in [1.165, 1.54) is 11.6 Å². The summed E-state index contributed by atoms with van der Waals surface area (Å²) in [6.07, 6.45) is 2.64. The Morgan fingerprint density at radius 2 is 1.52 bits per heavy atom. The molecule has 0 atom stereocenters. The van der Waals surface area contributed by atoms with Crippen molar-refractivity contribution >= 4 is 0 Å². The van der Waals surface area contributed by atoms with Gasteiger partial charge in [-0.05, 0) is 24.0 Å². The van der Waals surface area contributed by atoms with Crippen LogP contribution in [0.2, 0.25) is 0 Å². The highest BCUT2D eigenvalue weighted by molar-refractivity contribution is 5.12. The summed E-state index contributed by atoms with van der Waals surface area (Å²) in [6, 6.07) is 8.58. The Balaban J connectivity index is 0. The minimum atomic E-state index is -0.0376. The quantitative estimate of drug-likeness (QED) is 0.856. The molecule has 0 unspecified atom stereocenters. The molecule has 0 radical (unpaired) electrons. The van der Waals surface area contributed by atoms with Crippen LogP contribution in [0.4, 0.5) is 0 Å². The molecule has 2 aromatic heterocycles. The minimum Gasteiger partial charge on any atom is -0.329 e. The van der Waals surface area contributed by atoms with E-state index in [2.05, 4.69) is 23.8 Å². The summed E-state index contributed by atoms with van der Waals surface area (Å²) in [6.45, 7) is 14.2. The molecule has 2 heterocycles. The van der Waals surface area contributed by atoms with Crippen LogP contribution in [-0.4, -0.2) is 9.97 Å². The van der Waals surface area contributed by atoms with E-state index in [0.29, 0.717) is 5.92 Å². The number of nitrogens with one attached hydrogen (secondary N) is 2. The lowest BCUT2D eigenvalue weighted by molar-refractivity contribution is 0.855. The Morgan fingerprint density at radius 3 is 1.87 bits per heavy atom. The number of aromatic nitrogens is 2. The molecular weight excluding hydrogens is 288 g/mol. The Kier molecular flexibility index (Phi) is 14.9. The van der Waals surface area contributed by atoms with Gasteiger partial charge in [0.2, 0.25) is 11.1 Å². The van der Waals surface area contributed by atoms with Crippen molar-refractivity contribution in [2.45, 2.75) is 60.8 Å². The summed E-state index contributed by atoms with van der Waals surface area (Å²) in [5, 5.41) is 0. The maximum atomic E-state index is 10.6. The summed E-state index contributed by atoms with van der Waals surface area (Å²) in [5.74, 6) is 0.483. The molecule has 4 nitrogen and oxygen atoms in total. The van der Waals surface area contributed by atoms with Crippen LogP contribution in [0.1, 0.15) is 65.6 Å². The van der Waals surface area contributed by atoms with E-state index >= 15 is 0 Å². The van der Waals surface area contributed by atoms with E-state index in [9.17, 15) is 9.59 Å². The lowest BCUT2D eigenvalue weighted by atomic mass is 10.1. The summed E-state index contributed by atoms with van der Waals surface area (Å²) >= 11 is 0. The summed E-state index contributed by atoms with van der Waals surface area (Å²) in [7, 11) is 0. The van der Waals surface area contributed by atoms with Crippen molar-refractivity contribution < 1.29 is 0 Å². The highest BCUT2D eigenvalue weighted by Crippen LogP contribution is 2.09. The Labute approximate surface area is 140 Å². The summed E-state index contributed by atoms with van der Waals surface area (Å²) in [4.78, 5) is 26.5. The Hall–Kier alpha value is -2.10. The molecule has 2 rings (SSSR count). The van der Waals surface area contributed by atoms with Crippen LogP contribution >= 0.6 is 0 Å². The first-order valence-electron chi connectivity index (χ1n) is 8.39. The third kappa shape index (κ3) is 11.2. The molecule has 0 fully saturated rings. The van der Waals surface area contributed by atoms with Crippen LogP contribution in [0.25, 0.3) is 0 Å². The molecule has 0 aromatic carbocycles. The summed E-state index contributed by atoms with van der Waals surface area (Å²) < 4.78 is 0. The molecule has 0 aliphatic carbocycles. The number of pyridine rings is 2. The molecule has 0 bridgehead atoms. The van der Waals surface area contributed by atoms with Crippen LogP contribution in [0, 0.1) is 0 Å². The largest absolute Gasteiger partial charge is 0.329 e. The molecule has 130 valence electrons. The second kappa shape index (κ2) is 14.8. The van der Waals surface area contributed by atoms with E-state index in [0.717, 1.165) is 12.1 Å². The van der Waals surface area contributed by atoms with Crippen LogP contribution in [0.3, 0.4) is 0 Å². The summed E-state index contributed by atoms with van der Waals surface area (Å²) in [5.41, 5.74) is 2.10. The normalized spacial score (nSPS) is 8.70. The topological polar surface area (TPSA) is 65.7 Å². The number of H-pyrrole nitrogens is 2. The van der Waals surface area contributed by atoms with Crippen molar-refractivity contribution in [2.75, 3.05) is 0 Å². The number of aromatic amines is 2. The predicted octanol–water partition coefficient (Wildman–Crippen LogP) is 4.49. The van der Waals surface area contributed by atoms with Crippen LogP contribution in [0.5, 0.6) is 0 Å². The molecule has 2 N–H and O–H groups in total. The fourth-order valence-corrected chi connectivity index (χ4v) is 1.48. The molecule has 0 saturated heterocycles. The van der Waals surface area contributed by atoms with E-state index < -0.39 is 0 Å². The van der Waals surface area contributed by atoms with Gasteiger partial charge in [0, 0.05) is 24.0 Å². The van der Waals surface area contributed by atoms with Gasteiger partial charge in [0.1, 0.15) is 0 Å². The minimum absolute atomic E-state index is 0.0191. The molecule has 0 spiro atoms. The highest BCUT2D eigenvalue weighted by Gasteiger charge is 1.95. The lowest BCUT2D eigenvalue weighted by Gasteiger charge is -2.01. The molecule has 0 amide bonds. The van der Waals surface area contributed by atoms with E-state index in [4.69, 9.17) is 0 Å². The molecule has 0 aliphatic heterocycles. The zero-order chi connectivity index (χ0) is 18.3. The van der Waals surface area contributed by atoms with Crippen molar-refractivity contribution in [3.63, 3.8) is 0 Å². The smallest absolute Gasteiger partial charge is 0.248 e. The van der Waals surface area contributed by atoms with Gasteiger partial charge in [-0.15, -0.1) is 0 Å². The third-order valence-corrected chi connectivity index (χ3v) is 2.68. The third-order valence-electron chi connectivity index (χ3n) is 2.68. The SMILES string of the molecule is CC.CC.CC(C)c1ccc(=O)[nH]c1.CCc1cccc(=O)[nH]1. The second-order valence-electron chi connectivity index (χ2n) is 4.53. The zero-order valence-electron chi connectivity index (χ0n) is 15.6. The number of hydrogen-bond acceptors (Lipinski definition) is 2. The highest BCUT2D eigenvalue weighted by atomic mass is 16.1. The predicted molar refractivity (Wildman–Crippen MR) is 100 cm³/mol. The van der Waals surface area contributed by atoms with Gasteiger partial charge in [-0.2, -0.15) is 0 Å². The van der Waals surface area contributed by atoms with Crippen molar-refractivity contribution in [3.8, 4) is 0 Å². The first-order valence-corrected chi connectivity index (χ1v) is 8.39. The van der Waals surface area contributed by atoms with E-state index in [-0.39, 0.29) is 11.1 Å². The Morgan fingerprint density at radius 1 is 0.913 bits per heavy atom. The molecular formula is C19H32N2O2. The fourth-order valence-electron chi connectivity index (χ4n) is 1.48. The van der Waals surface area contributed by atoms with Gasteiger partial charge in [-0.1, -0.05) is 60.6 Å². The van der Waals surface area contributed by atoms with Gasteiger partial charge in [0.15, 0.2) is 0 Å². The monoisotopic (exact) mass is 320 g/mol. The molecule has 4 heteroatoms. The molecule has 0 aliphatic rings. The molecule has 2 aromatic rings. The van der Waals surface area contributed by atoms with Gasteiger partial charge >= 0.3 is 0 Å². The van der Waals surface area contributed by atoms with Gasteiger partial charge in [0.25, 0.3) is 0 Å². The van der Waals surface area contributed by atoms with Gasteiger partial charge < -0.3 is 9.97 Å². The number of hydrogen-bond donors (Lipinski definition) is 2. The number of aryl methyl sites for hydroxylation is 1. The van der Waals surface area contributed by atoms with Crippen LogP contribution in [-0.2, 0) is 6.42 Å². The molecule has 0 saturated carbocycles. The van der Waals surface area contributed by atoms with Crippen LogP contribution < -0.4 is 11.1 Å². The van der Waals surface area contributed by atoms with Crippen molar-refractivity contribution in [1.29, 1.82) is 0 Å². The average molecular weight is 320 g/mol. The first-order chi connectivity index (χ1) is 11.0. The lowest BCUT2D eigenvalue weighted by Crippen LogP contribution is -2.04. The van der Waals surface area contributed by atoms with Gasteiger partial charge in [-0.25, -0.2) is 0 Å². The maximum Gasteiger partial charge on any atom is 0.248 e. The average Bonchev–Trinajstić information content (AvgIpc) is 2.59. The second-order valence-corrected chi connectivity index (χ2v) is 4.53. The Bertz CT molecular complexity index is 593. The van der Waals surface area contributed by atoms with Gasteiger partial charge in [-0.3, -0.25) is 9.59 Å². The maximum absolute atomic E-state index is 10.6. The standard InChI is InChI=1S/C8H11NO.C7H9NO.2C2H6/c1-6(2)7-3-4-8(10)9-5-7;1-2-6-4-3-5-7(9)8-6;2*1-2/h3-6H,1-2H3,(H,9,10);3-5H,2H2,1H3,(H,8,9);2*1-2H3. The molecule has 23 heavy (non-hydrogen) atoms. The fraction of sp³-hybridized carbons (Fsp3) is 0.474. The van der Waals surface area contributed by atoms with E-state index in [1.54, 1.807) is 18.3 Å². The van der Waals surface area contributed by atoms with E-state index in [1.807, 2.05) is 46.8 Å².